The number of para-hydroxylation sites is 4. The van der Waals surface area contributed by atoms with E-state index in [0.29, 0.717) is 71.7 Å². The topological polar surface area (TPSA) is 126 Å². The minimum absolute atomic E-state index is 0.0197. The van der Waals surface area contributed by atoms with E-state index in [2.05, 4.69) is 0 Å². The van der Waals surface area contributed by atoms with Crippen molar-refractivity contribution in [2.45, 2.75) is 103 Å². The molecule has 0 spiro atoms. The Balaban J connectivity index is 0.958. The Kier molecular flexibility index (Phi) is 10.4. The van der Waals surface area contributed by atoms with Gasteiger partial charge in [-0.1, -0.05) is 72.8 Å². The summed E-state index contributed by atoms with van der Waals surface area (Å²) >= 11 is 0. The molecular formula is C54H50O12P2. The van der Waals surface area contributed by atoms with Crippen molar-refractivity contribution in [2.24, 2.45) is 0 Å². The molecule has 0 saturated carbocycles. The normalized spacial score (nSPS) is 17.9. The fourth-order valence-corrected chi connectivity index (χ4v) is 11.6. The van der Waals surface area contributed by atoms with Gasteiger partial charge in [0.25, 0.3) is 0 Å². The Hall–Kier alpha value is -6.48. The first-order valence-electron chi connectivity index (χ1n) is 22.7. The highest BCUT2D eigenvalue weighted by atomic mass is 31.2. The second-order valence-electron chi connectivity index (χ2n) is 20.1. The molecule has 4 aliphatic heterocycles. The van der Waals surface area contributed by atoms with Gasteiger partial charge in [-0.25, -0.2) is 0 Å². The average molecular weight is 953 g/mol. The van der Waals surface area contributed by atoms with Crippen molar-refractivity contribution in [1.29, 1.82) is 0 Å². The molecule has 0 atom stereocenters. The van der Waals surface area contributed by atoms with E-state index >= 15 is 4.79 Å². The fourth-order valence-electron chi connectivity index (χ4n) is 9.56. The van der Waals surface area contributed by atoms with E-state index in [9.17, 15) is 4.79 Å². The summed E-state index contributed by atoms with van der Waals surface area (Å²) in [5.41, 5.74) is 2.40. The molecule has 0 amide bonds. The van der Waals surface area contributed by atoms with E-state index in [0.717, 1.165) is 22.3 Å². The first-order chi connectivity index (χ1) is 32.4. The third-order valence-electron chi connectivity index (χ3n) is 12.3. The molecule has 14 heteroatoms. The van der Waals surface area contributed by atoms with Gasteiger partial charge >= 0.3 is 17.2 Å². The molecule has 68 heavy (non-hydrogen) atoms. The van der Waals surface area contributed by atoms with Crippen LogP contribution in [0.5, 0.6) is 57.5 Å². The van der Waals surface area contributed by atoms with Gasteiger partial charge in [0.1, 0.15) is 33.9 Å². The van der Waals surface area contributed by atoms with Crippen LogP contribution in [-0.2, 0) is 25.7 Å². The van der Waals surface area contributed by atoms with Crippen LogP contribution in [0.3, 0.4) is 0 Å². The number of carbonyl (C=O) groups is 2. The van der Waals surface area contributed by atoms with Crippen LogP contribution in [0.4, 0.5) is 0 Å². The van der Waals surface area contributed by atoms with Crippen LogP contribution in [0, 0.1) is 0 Å². The number of carbonyl (C=O) groups excluding carboxylic acids is 2. The van der Waals surface area contributed by atoms with Crippen LogP contribution in [0.25, 0.3) is 0 Å². The number of hydrogen-bond donors (Lipinski definition) is 0. The highest BCUT2D eigenvalue weighted by molar-refractivity contribution is 7.43. The van der Waals surface area contributed by atoms with Crippen LogP contribution in [0.15, 0.2) is 109 Å². The number of ether oxygens (including phenoxy) is 4. The smallest absolute Gasteiger partial charge is 0.483 e. The zero-order valence-electron chi connectivity index (χ0n) is 39.0. The van der Waals surface area contributed by atoms with Crippen LogP contribution in [0.1, 0.15) is 109 Å². The summed E-state index contributed by atoms with van der Waals surface area (Å²) in [5, 5.41) is 0. The molecule has 4 heterocycles. The molecule has 12 nitrogen and oxygen atoms in total. The first-order valence-corrected chi connectivity index (χ1v) is 24.8. The quantitative estimate of drug-likeness (QED) is 0.108. The van der Waals surface area contributed by atoms with E-state index < -0.39 is 51.2 Å². The number of rotatable bonds is 12. The Bertz CT molecular complexity index is 2730. The van der Waals surface area contributed by atoms with Gasteiger partial charge in [0.15, 0.2) is 51.8 Å². The summed E-state index contributed by atoms with van der Waals surface area (Å²) in [4.78, 5) is 29.9. The average Bonchev–Trinajstić information content (AvgIpc) is 3.99. The highest BCUT2D eigenvalue weighted by Gasteiger charge is 2.42. The molecular weight excluding hydrogens is 903 g/mol. The van der Waals surface area contributed by atoms with Gasteiger partial charge in [0.05, 0.1) is 11.1 Å². The fraction of sp³-hybridized carbons (Fsp3) is 0.296. The molecule has 11 rings (SSSR count). The van der Waals surface area contributed by atoms with Gasteiger partial charge in [-0.05, 0) is 91.8 Å². The molecule has 0 N–H and O–H groups in total. The van der Waals surface area contributed by atoms with E-state index in [4.69, 9.17) is 46.1 Å². The van der Waals surface area contributed by atoms with Crippen LogP contribution >= 0.6 is 17.2 Å². The van der Waals surface area contributed by atoms with Crippen molar-refractivity contribution >= 4 is 28.8 Å². The van der Waals surface area contributed by atoms with Gasteiger partial charge in [-0.3, -0.25) is 9.59 Å². The highest BCUT2D eigenvalue weighted by Crippen LogP contribution is 2.56. The molecule has 0 radical (unpaired) electrons. The minimum atomic E-state index is -2.39. The predicted molar refractivity (Wildman–Crippen MR) is 257 cm³/mol. The number of hydrogen-bond acceptors (Lipinski definition) is 12. The summed E-state index contributed by atoms with van der Waals surface area (Å²) in [5.74, 6) is 3.19. The summed E-state index contributed by atoms with van der Waals surface area (Å²) in [6.45, 7) is 16.1. The lowest BCUT2D eigenvalue weighted by molar-refractivity contribution is 0.0975. The largest absolute Gasteiger partial charge is 0.530 e. The molecule has 1 aliphatic carbocycles. The van der Waals surface area contributed by atoms with Gasteiger partial charge in [-0.2, -0.15) is 0 Å². The van der Waals surface area contributed by atoms with Crippen molar-refractivity contribution in [3.8, 4) is 57.5 Å². The van der Waals surface area contributed by atoms with Gasteiger partial charge in [0.2, 0.25) is 5.78 Å². The van der Waals surface area contributed by atoms with E-state index in [1.807, 2.05) is 104 Å². The number of benzene rings is 6. The molecule has 348 valence electrons. The Morgan fingerprint density at radius 1 is 0.353 bits per heavy atom. The summed E-state index contributed by atoms with van der Waals surface area (Å²) in [6, 6.07) is 32.5. The molecule has 5 aliphatic rings. The summed E-state index contributed by atoms with van der Waals surface area (Å²) in [6.07, 6.45) is 2.72. The number of ketones is 2. The van der Waals surface area contributed by atoms with Gasteiger partial charge in [0, 0.05) is 59.1 Å². The standard InChI is InChI=1S/C54H50O12P2/c1-51(2)27-31-15-9-23-39(47(31)57-51)63-67(64-40-24-10-16-32-28-52(3,4)58-48(32)40)61-37-21-13-19-35-43(37)46(56)44-36(45(35)55)20-14-22-38(44)62-68(65-41-25-11-17-33-29-53(5,6)59-49(33)41)66-42-26-12-18-34-30-54(7,8)60-50(34)42/h9-26H,27-30H2,1-8H3. The lowest BCUT2D eigenvalue weighted by Gasteiger charge is -2.26. The van der Waals surface area contributed by atoms with E-state index in [-0.39, 0.29) is 33.8 Å². The van der Waals surface area contributed by atoms with Crippen molar-refractivity contribution in [2.75, 3.05) is 0 Å². The van der Waals surface area contributed by atoms with E-state index in [1.165, 1.54) is 0 Å². The Morgan fingerprint density at radius 2 is 0.603 bits per heavy atom. The maximum Gasteiger partial charge on any atom is 0.530 e. The molecule has 0 saturated heterocycles. The first kappa shape index (κ1) is 44.1. The lowest BCUT2D eigenvalue weighted by Crippen LogP contribution is -2.25. The molecule has 0 fully saturated rings. The zero-order chi connectivity index (χ0) is 47.3. The molecule has 0 unspecified atom stereocenters. The van der Waals surface area contributed by atoms with Crippen molar-refractivity contribution < 1.29 is 55.7 Å². The van der Waals surface area contributed by atoms with Gasteiger partial charge in [-0.15, -0.1) is 0 Å². The molecule has 0 aromatic heterocycles. The maximum atomic E-state index is 15.2. The van der Waals surface area contributed by atoms with Gasteiger partial charge < -0.3 is 46.1 Å². The monoisotopic (exact) mass is 952 g/mol. The molecule has 6 aromatic rings. The van der Waals surface area contributed by atoms with Crippen molar-refractivity contribution in [3.63, 3.8) is 0 Å². The maximum absolute atomic E-state index is 15.2. The Morgan fingerprint density at radius 3 is 0.897 bits per heavy atom. The van der Waals surface area contributed by atoms with Crippen LogP contribution in [0.2, 0.25) is 0 Å². The third-order valence-corrected chi connectivity index (χ3v) is 14.3. The zero-order valence-corrected chi connectivity index (χ0v) is 40.8. The van der Waals surface area contributed by atoms with Crippen molar-refractivity contribution in [3.05, 3.63) is 154 Å². The number of fused-ring (bicyclic) bond motifs is 6. The summed E-state index contributed by atoms with van der Waals surface area (Å²) in [7, 11) is -4.79. The third kappa shape index (κ3) is 8.21. The SMILES string of the molecule is CC1(C)Cc2cccc(OP(Oc3cccc4c3OC(C)(C)C4)Oc3cccc4c3C(=O)c3c(OP(Oc5cccc6c5OC(C)(C)C6)Oc5cccc6c5OC(C)(C)C6)cccc3C4=O)c2O1. The predicted octanol–water partition coefficient (Wildman–Crippen LogP) is 12.8. The molecule has 6 aromatic carbocycles. The second-order valence-corrected chi connectivity index (χ2v) is 22.1. The summed E-state index contributed by atoms with van der Waals surface area (Å²) < 4.78 is 65.5. The van der Waals surface area contributed by atoms with Crippen molar-refractivity contribution in [1.82, 2.24) is 0 Å². The lowest BCUT2D eigenvalue weighted by atomic mass is 9.83. The van der Waals surface area contributed by atoms with Crippen LogP contribution in [-0.4, -0.2) is 34.0 Å². The molecule has 0 bridgehead atoms. The second kappa shape index (κ2) is 16.1. The van der Waals surface area contributed by atoms with E-state index in [1.54, 1.807) is 60.7 Å². The van der Waals surface area contributed by atoms with Crippen LogP contribution < -0.4 is 46.1 Å². The minimum Gasteiger partial charge on any atom is -0.483 e. The Labute approximate surface area is 397 Å².